The van der Waals surface area contributed by atoms with Gasteiger partial charge in [-0.15, -0.1) is 0 Å². The molecule has 0 unspecified atom stereocenters. The highest BCUT2D eigenvalue weighted by molar-refractivity contribution is 6.25. The van der Waals surface area contributed by atoms with Crippen molar-refractivity contribution in [3.63, 3.8) is 0 Å². The van der Waals surface area contributed by atoms with Crippen molar-refractivity contribution in [1.82, 2.24) is 0 Å². The maximum Gasteiger partial charge on any atom is 0.126 e. The Kier molecular flexibility index (Phi) is 3.13. The van der Waals surface area contributed by atoms with Gasteiger partial charge in [0.25, 0.3) is 0 Å². The first-order valence-electron chi connectivity index (χ1n) is 4.04. The van der Waals surface area contributed by atoms with Gasteiger partial charge in [-0.05, 0) is 19.3 Å². The Morgan fingerprint density at radius 3 is 2.45 bits per heavy atom. The van der Waals surface area contributed by atoms with Gasteiger partial charge < -0.3 is 4.79 Å². The van der Waals surface area contributed by atoms with Crippen molar-refractivity contribution in [2.75, 3.05) is 0 Å². The van der Waals surface area contributed by atoms with Gasteiger partial charge >= 0.3 is 0 Å². The molecule has 0 heterocycles. The number of halogens is 1. The second-order valence-corrected chi connectivity index (χ2v) is 3.51. The van der Waals surface area contributed by atoms with E-state index in [9.17, 15) is 4.79 Å². The summed E-state index contributed by atoms with van der Waals surface area (Å²) in [6, 6.07) is 0. The molecule has 1 saturated carbocycles. The zero-order chi connectivity index (χ0) is 8.16. The van der Waals surface area contributed by atoms with Gasteiger partial charge in [0.1, 0.15) is 6.29 Å². The maximum absolute atomic E-state index is 10.8. The number of rotatable bonds is 3. The number of carbonyl (C=O) groups is 1. The number of carbonyl (C=O) groups excluding carboxylic acids is 1. The zero-order valence-electron chi connectivity index (χ0n) is 6.55. The van der Waals surface area contributed by atoms with Crippen LogP contribution in [0.3, 0.4) is 0 Å². The van der Waals surface area contributed by atoms with Crippen molar-refractivity contribution in [1.29, 1.82) is 0 Å². The molecule has 0 atom stereocenters. The molecular weight excluding hydrogens is 160 g/mol. The second kappa shape index (κ2) is 3.91. The van der Waals surface area contributed by atoms with E-state index in [-0.39, 0.29) is 5.41 Å². The molecule has 0 aromatic carbocycles. The first-order chi connectivity index (χ1) is 5.33. The average Bonchev–Trinajstić information content (AvgIpc) is 2.50. The molecule has 2 heteroatoms. The van der Waals surface area contributed by atoms with Gasteiger partial charge in [-0.2, -0.15) is 0 Å². The molecule has 1 aliphatic rings. The Balaban J connectivity index is 2.52. The number of hydrogen-bond acceptors (Lipinski definition) is 1. The number of allylic oxidation sites excluding steroid dienone is 1. The average molecular weight is 173 g/mol. The predicted molar refractivity (Wildman–Crippen MR) is 46.6 cm³/mol. The fraction of sp³-hybridized carbons (Fsp3) is 0.667. The Morgan fingerprint density at radius 2 is 2.00 bits per heavy atom. The molecule has 0 N–H and O–H groups in total. The Labute approximate surface area is 72.4 Å². The van der Waals surface area contributed by atoms with Gasteiger partial charge in [0, 0.05) is 11.0 Å². The standard InChI is InChI=1S/C9H13ClO/c10-7-3-6-9(8-11)4-1-2-5-9/h3,7-8H,1-2,4-6H2/b7-3+. The highest BCUT2D eigenvalue weighted by atomic mass is 35.5. The SMILES string of the molecule is O=CC1(C/C=C/Cl)CCCC1. The maximum atomic E-state index is 10.8. The van der Waals surface area contributed by atoms with E-state index in [2.05, 4.69) is 0 Å². The van der Waals surface area contributed by atoms with Crippen LogP contribution in [0, 0.1) is 5.41 Å². The minimum atomic E-state index is -0.0641. The smallest absolute Gasteiger partial charge is 0.126 e. The summed E-state index contributed by atoms with van der Waals surface area (Å²) in [5.74, 6) is 0. The van der Waals surface area contributed by atoms with Crippen LogP contribution in [0.15, 0.2) is 11.6 Å². The van der Waals surface area contributed by atoms with E-state index in [1.807, 2.05) is 6.08 Å². The van der Waals surface area contributed by atoms with Crippen LogP contribution in [-0.4, -0.2) is 6.29 Å². The third kappa shape index (κ3) is 2.06. The molecule has 0 saturated heterocycles. The molecule has 1 nitrogen and oxygen atoms in total. The van der Waals surface area contributed by atoms with Crippen molar-refractivity contribution in [2.24, 2.45) is 5.41 Å². The van der Waals surface area contributed by atoms with Gasteiger partial charge in [0.2, 0.25) is 0 Å². The lowest BCUT2D eigenvalue weighted by Gasteiger charge is -2.18. The lowest BCUT2D eigenvalue weighted by atomic mass is 9.85. The summed E-state index contributed by atoms with van der Waals surface area (Å²) in [5, 5.41) is 0. The third-order valence-electron chi connectivity index (χ3n) is 2.46. The van der Waals surface area contributed by atoms with Crippen LogP contribution in [-0.2, 0) is 4.79 Å². The van der Waals surface area contributed by atoms with Gasteiger partial charge in [-0.3, -0.25) is 0 Å². The predicted octanol–water partition coefficient (Wildman–Crippen LogP) is 2.89. The van der Waals surface area contributed by atoms with Crippen LogP contribution in [0.5, 0.6) is 0 Å². The van der Waals surface area contributed by atoms with Crippen molar-refractivity contribution >= 4 is 17.9 Å². The van der Waals surface area contributed by atoms with Crippen LogP contribution >= 0.6 is 11.6 Å². The van der Waals surface area contributed by atoms with E-state index in [1.54, 1.807) is 0 Å². The van der Waals surface area contributed by atoms with Crippen LogP contribution in [0.4, 0.5) is 0 Å². The Hall–Kier alpha value is -0.300. The molecule has 0 aromatic heterocycles. The molecule has 0 radical (unpaired) electrons. The quantitative estimate of drug-likeness (QED) is 0.599. The fourth-order valence-corrected chi connectivity index (χ4v) is 1.82. The summed E-state index contributed by atoms with van der Waals surface area (Å²) in [7, 11) is 0. The van der Waals surface area contributed by atoms with E-state index < -0.39 is 0 Å². The first kappa shape index (κ1) is 8.79. The molecule has 0 spiro atoms. The van der Waals surface area contributed by atoms with E-state index in [0.717, 1.165) is 25.5 Å². The highest BCUT2D eigenvalue weighted by Gasteiger charge is 2.31. The van der Waals surface area contributed by atoms with Crippen LogP contribution in [0.25, 0.3) is 0 Å². The Morgan fingerprint density at radius 1 is 1.36 bits per heavy atom. The molecule has 0 aromatic rings. The lowest BCUT2D eigenvalue weighted by molar-refractivity contribution is -0.115. The summed E-state index contributed by atoms with van der Waals surface area (Å²) < 4.78 is 0. The normalized spacial score (nSPS) is 22.6. The lowest BCUT2D eigenvalue weighted by Crippen LogP contribution is -2.16. The molecule has 0 aliphatic heterocycles. The molecule has 1 fully saturated rings. The molecule has 62 valence electrons. The molecule has 0 amide bonds. The van der Waals surface area contributed by atoms with Crippen molar-refractivity contribution < 1.29 is 4.79 Å². The van der Waals surface area contributed by atoms with E-state index in [4.69, 9.17) is 11.6 Å². The summed E-state index contributed by atoms with van der Waals surface area (Å²) in [4.78, 5) is 10.8. The van der Waals surface area contributed by atoms with E-state index in [1.165, 1.54) is 18.4 Å². The zero-order valence-corrected chi connectivity index (χ0v) is 7.31. The van der Waals surface area contributed by atoms with Crippen molar-refractivity contribution in [3.8, 4) is 0 Å². The molecular formula is C9H13ClO. The van der Waals surface area contributed by atoms with E-state index >= 15 is 0 Å². The molecule has 0 bridgehead atoms. The Bertz CT molecular complexity index is 157. The van der Waals surface area contributed by atoms with Crippen molar-refractivity contribution in [3.05, 3.63) is 11.6 Å². The minimum Gasteiger partial charge on any atom is -0.303 e. The topological polar surface area (TPSA) is 17.1 Å². The van der Waals surface area contributed by atoms with Gasteiger partial charge in [-0.25, -0.2) is 0 Å². The highest BCUT2D eigenvalue weighted by Crippen LogP contribution is 2.39. The number of hydrogen-bond donors (Lipinski definition) is 0. The summed E-state index contributed by atoms with van der Waals surface area (Å²) >= 11 is 5.40. The largest absolute Gasteiger partial charge is 0.303 e. The van der Waals surface area contributed by atoms with Crippen LogP contribution in [0.2, 0.25) is 0 Å². The van der Waals surface area contributed by atoms with Crippen LogP contribution < -0.4 is 0 Å². The fourth-order valence-electron chi connectivity index (χ4n) is 1.73. The summed E-state index contributed by atoms with van der Waals surface area (Å²) in [5.41, 5.74) is 1.44. The van der Waals surface area contributed by atoms with Gasteiger partial charge in [-0.1, -0.05) is 30.5 Å². The monoisotopic (exact) mass is 172 g/mol. The van der Waals surface area contributed by atoms with Crippen LogP contribution in [0.1, 0.15) is 32.1 Å². The van der Waals surface area contributed by atoms with Gasteiger partial charge in [0.15, 0.2) is 0 Å². The molecule has 1 rings (SSSR count). The summed E-state index contributed by atoms with van der Waals surface area (Å²) in [6.45, 7) is 0. The molecule has 1 aliphatic carbocycles. The second-order valence-electron chi connectivity index (χ2n) is 3.25. The minimum absolute atomic E-state index is 0.0641. The van der Waals surface area contributed by atoms with Crippen molar-refractivity contribution in [2.45, 2.75) is 32.1 Å². The van der Waals surface area contributed by atoms with E-state index in [0.29, 0.717) is 0 Å². The first-order valence-corrected chi connectivity index (χ1v) is 4.48. The summed E-state index contributed by atoms with van der Waals surface area (Å²) in [6.07, 6.45) is 8.26. The van der Waals surface area contributed by atoms with Gasteiger partial charge in [0.05, 0.1) is 0 Å². The molecule has 11 heavy (non-hydrogen) atoms. The number of aldehydes is 1. The third-order valence-corrected chi connectivity index (χ3v) is 2.64.